The minimum Gasteiger partial charge on any atom is -0.486 e. The smallest absolute Gasteiger partial charge is 0.125 e. The molecule has 0 radical (unpaired) electrons. The number of hydrogen-bond donors (Lipinski definition) is 1. The van der Waals surface area contributed by atoms with E-state index in [0.717, 1.165) is 11.3 Å². The van der Waals surface area contributed by atoms with E-state index in [1.54, 1.807) is 0 Å². The predicted octanol–water partition coefficient (Wildman–Crippen LogP) is 3.20. The maximum atomic E-state index is 8.80. The van der Waals surface area contributed by atoms with Crippen LogP contribution in [0.2, 0.25) is 0 Å². The van der Waals surface area contributed by atoms with Crippen LogP contribution >= 0.6 is 0 Å². The third-order valence-corrected chi connectivity index (χ3v) is 2.93. The Kier molecular flexibility index (Phi) is 3.98. The molecule has 2 heteroatoms. The van der Waals surface area contributed by atoms with Crippen molar-refractivity contribution in [3.05, 3.63) is 35.6 Å². The van der Waals surface area contributed by atoms with E-state index in [4.69, 9.17) is 9.84 Å². The van der Waals surface area contributed by atoms with Gasteiger partial charge < -0.3 is 9.84 Å². The molecule has 0 aromatic carbocycles. The molecule has 0 saturated heterocycles. The Bertz CT molecular complexity index is 329. The van der Waals surface area contributed by atoms with Gasteiger partial charge in [0.05, 0.1) is 0 Å². The van der Waals surface area contributed by atoms with Crippen LogP contribution in [0.15, 0.2) is 35.6 Å². The van der Waals surface area contributed by atoms with Crippen LogP contribution in [0.3, 0.4) is 0 Å². The van der Waals surface area contributed by atoms with Crippen molar-refractivity contribution in [3.8, 4) is 0 Å². The number of aliphatic hydroxyl groups excluding tert-OH is 1. The first-order chi connectivity index (χ1) is 7.36. The molecule has 1 aliphatic heterocycles. The molecule has 0 aromatic rings. The molecule has 1 atom stereocenters. The third kappa shape index (κ3) is 2.99. The van der Waals surface area contributed by atoms with Crippen LogP contribution < -0.4 is 0 Å². The van der Waals surface area contributed by atoms with Crippen LogP contribution in [-0.4, -0.2) is 17.8 Å². The van der Waals surface area contributed by atoms with Gasteiger partial charge in [0.1, 0.15) is 11.9 Å². The number of ether oxygens (including phenoxy) is 1. The summed E-state index contributed by atoms with van der Waals surface area (Å²) in [6, 6.07) is 0. The molecule has 1 N–H and O–H groups in total. The molecule has 16 heavy (non-hydrogen) atoms. The largest absolute Gasteiger partial charge is 0.486 e. The van der Waals surface area contributed by atoms with Crippen molar-refractivity contribution < 1.29 is 9.84 Å². The molecular weight excluding hydrogens is 200 g/mol. The summed E-state index contributed by atoms with van der Waals surface area (Å²) < 4.78 is 5.55. The van der Waals surface area contributed by atoms with Crippen molar-refractivity contribution >= 4 is 0 Å². The number of hydrogen-bond acceptors (Lipinski definition) is 2. The first kappa shape index (κ1) is 13.0. The van der Waals surface area contributed by atoms with E-state index in [1.165, 1.54) is 5.57 Å². The fraction of sp³-hybridized carbons (Fsp3) is 0.571. The average Bonchev–Trinajstić information content (AvgIpc) is 2.19. The third-order valence-electron chi connectivity index (χ3n) is 2.93. The second-order valence-corrected chi connectivity index (χ2v) is 5.27. The van der Waals surface area contributed by atoms with Gasteiger partial charge in [-0.05, 0) is 24.0 Å². The summed E-state index contributed by atoms with van der Waals surface area (Å²) in [6.07, 6.45) is 4.77. The van der Waals surface area contributed by atoms with E-state index in [-0.39, 0.29) is 18.1 Å². The summed E-state index contributed by atoms with van der Waals surface area (Å²) in [5.41, 5.74) is 2.40. The molecule has 0 aliphatic carbocycles. The van der Waals surface area contributed by atoms with E-state index in [0.29, 0.717) is 6.42 Å². The first-order valence-corrected chi connectivity index (χ1v) is 5.72. The Labute approximate surface area is 98.3 Å². The minimum absolute atomic E-state index is 0.0964. The van der Waals surface area contributed by atoms with Gasteiger partial charge in [-0.3, -0.25) is 0 Å². The number of aliphatic hydroxyl groups is 1. The highest BCUT2D eigenvalue weighted by atomic mass is 16.5. The van der Waals surface area contributed by atoms with Crippen molar-refractivity contribution in [2.45, 2.75) is 40.2 Å². The van der Waals surface area contributed by atoms with Gasteiger partial charge in [-0.25, -0.2) is 0 Å². The first-order valence-electron chi connectivity index (χ1n) is 5.72. The molecule has 90 valence electrons. The summed E-state index contributed by atoms with van der Waals surface area (Å²) in [5.74, 6) is 0.920. The summed E-state index contributed by atoms with van der Waals surface area (Å²) in [7, 11) is 0. The van der Waals surface area contributed by atoms with E-state index < -0.39 is 0 Å². The molecule has 0 spiro atoms. The summed E-state index contributed by atoms with van der Waals surface area (Å²) >= 11 is 0. The van der Waals surface area contributed by atoms with Crippen LogP contribution in [0.4, 0.5) is 0 Å². The predicted molar refractivity (Wildman–Crippen MR) is 67.0 cm³/mol. The van der Waals surface area contributed by atoms with Crippen molar-refractivity contribution in [1.82, 2.24) is 0 Å². The lowest BCUT2D eigenvalue weighted by Crippen LogP contribution is -2.26. The normalized spacial score (nSPS) is 20.9. The standard InChI is InChI=1S/C14H22O2/c1-10(14(3,4)5)6-7-12-11(2)13(16-12)8-9-15/h6-7,13,15H,1,8-9H2,2-5H3/b7-6-. The molecule has 1 aliphatic rings. The molecule has 0 fully saturated rings. The Morgan fingerprint density at radius 3 is 2.56 bits per heavy atom. The van der Waals surface area contributed by atoms with Crippen LogP contribution in [0.1, 0.15) is 34.1 Å². The van der Waals surface area contributed by atoms with Crippen LogP contribution in [0, 0.1) is 5.41 Å². The summed E-state index contributed by atoms with van der Waals surface area (Å²) in [5, 5.41) is 8.80. The zero-order chi connectivity index (χ0) is 12.3. The van der Waals surface area contributed by atoms with Gasteiger partial charge in [-0.2, -0.15) is 0 Å². The van der Waals surface area contributed by atoms with Crippen molar-refractivity contribution in [1.29, 1.82) is 0 Å². The van der Waals surface area contributed by atoms with Gasteiger partial charge in [-0.1, -0.05) is 33.4 Å². The van der Waals surface area contributed by atoms with E-state index in [1.807, 2.05) is 19.1 Å². The SMILES string of the molecule is C=C(/C=C\C1=C(C)C(CCO)O1)C(C)(C)C. The molecule has 2 nitrogen and oxygen atoms in total. The Balaban J connectivity index is 2.58. The molecule has 0 aromatic heterocycles. The summed E-state index contributed by atoms with van der Waals surface area (Å²) in [6.45, 7) is 12.7. The Morgan fingerprint density at radius 1 is 1.50 bits per heavy atom. The number of rotatable bonds is 4. The molecule has 1 rings (SSSR count). The fourth-order valence-electron chi connectivity index (χ4n) is 1.42. The molecule has 1 heterocycles. The van der Waals surface area contributed by atoms with Crippen molar-refractivity contribution in [2.75, 3.05) is 6.61 Å². The van der Waals surface area contributed by atoms with Crippen LogP contribution in [0.25, 0.3) is 0 Å². The lowest BCUT2D eigenvalue weighted by molar-refractivity contribution is 0.0729. The topological polar surface area (TPSA) is 29.5 Å². The maximum Gasteiger partial charge on any atom is 0.125 e. The zero-order valence-corrected chi connectivity index (χ0v) is 10.7. The Morgan fingerprint density at radius 2 is 2.12 bits per heavy atom. The van der Waals surface area contributed by atoms with E-state index in [2.05, 4.69) is 27.4 Å². The van der Waals surface area contributed by atoms with Gasteiger partial charge in [0, 0.05) is 18.6 Å². The van der Waals surface area contributed by atoms with Crippen molar-refractivity contribution in [3.63, 3.8) is 0 Å². The lowest BCUT2D eigenvalue weighted by Gasteiger charge is -2.31. The monoisotopic (exact) mass is 222 g/mol. The quantitative estimate of drug-likeness (QED) is 0.740. The highest BCUT2D eigenvalue weighted by Crippen LogP contribution is 2.31. The number of allylic oxidation sites excluding steroid dienone is 3. The zero-order valence-electron chi connectivity index (χ0n) is 10.7. The van der Waals surface area contributed by atoms with Crippen molar-refractivity contribution in [2.24, 2.45) is 5.41 Å². The molecule has 1 unspecified atom stereocenters. The van der Waals surface area contributed by atoms with E-state index in [9.17, 15) is 0 Å². The van der Waals surface area contributed by atoms with Gasteiger partial charge in [-0.15, -0.1) is 0 Å². The second kappa shape index (κ2) is 4.88. The molecule has 0 saturated carbocycles. The van der Waals surface area contributed by atoms with E-state index >= 15 is 0 Å². The second-order valence-electron chi connectivity index (χ2n) is 5.27. The maximum absolute atomic E-state index is 8.80. The van der Waals surface area contributed by atoms with Crippen LogP contribution in [0.5, 0.6) is 0 Å². The average molecular weight is 222 g/mol. The van der Waals surface area contributed by atoms with Crippen LogP contribution in [-0.2, 0) is 4.74 Å². The highest BCUT2D eigenvalue weighted by Gasteiger charge is 2.25. The highest BCUT2D eigenvalue weighted by molar-refractivity contribution is 5.34. The minimum atomic E-state index is 0.0964. The molecule has 0 amide bonds. The van der Waals surface area contributed by atoms with Gasteiger partial charge in [0.15, 0.2) is 0 Å². The summed E-state index contributed by atoms with van der Waals surface area (Å²) in [4.78, 5) is 0. The fourth-order valence-corrected chi connectivity index (χ4v) is 1.42. The van der Waals surface area contributed by atoms with Gasteiger partial charge in [0.2, 0.25) is 0 Å². The van der Waals surface area contributed by atoms with Gasteiger partial charge >= 0.3 is 0 Å². The Hall–Kier alpha value is -1.02. The molecular formula is C14H22O2. The molecule has 0 bridgehead atoms. The lowest BCUT2D eigenvalue weighted by atomic mass is 9.87. The van der Waals surface area contributed by atoms with Gasteiger partial charge in [0.25, 0.3) is 0 Å².